The van der Waals surface area contributed by atoms with Crippen LogP contribution in [0.2, 0.25) is 0 Å². The van der Waals surface area contributed by atoms with Crippen molar-refractivity contribution in [2.24, 2.45) is 0 Å². The number of carbonyl (C=O) groups excluding carboxylic acids is 1. The number of fused-ring (bicyclic) bond motifs is 4. The van der Waals surface area contributed by atoms with Gasteiger partial charge in [-0.05, 0) is 56.0 Å². The topological polar surface area (TPSA) is 82.6 Å². The fourth-order valence-electron chi connectivity index (χ4n) is 4.89. The molecule has 2 aromatic carbocycles. The van der Waals surface area contributed by atoms with Gasteiger partial charge in [0.05, 0.1) is 31.2 Å². The summed E-state index contributed by atoms with van der Waals surface area (Å²) >= 11 is 7.24. The first-order chi connectivity index (χ1) is 17.3. The average molecular weight is 524 g/mol. The maximum Gasteiger partial charge on any atom is 0.335 e. The van der Waals surface area contributed by atoms with E-state index in [1.165, 1.54) is 0 Å². The monoisotopic (exact) mass is 523 g/mol. The Hall–Kier alpha value is -3.36. The summed E-state index contributed by atoms with van der Waals surface area (Å²) in [5.41, 5.74) is 2.98. The van der Waals surface area contributed by atoms with E-state index >= 15 is 0 Å². The van der Waals surface area contributed by atoms with Gasteiger partial charge < -0.3 is 19.1 Å². The number of hydrogen-bond acceptors (Lipinski definition) is 8. The van der Waals surface area contributed by atoms with Crippen molar-refractivity contribution in [3.8, 4) is 21.9 Å². The molecule has 2 unspecified atom stereocenters. The van der Waals surface area contributed by atoms with Gasteiger partial charge in [-0.3, -0.25) is 0 Å². The predicted molar refractivity (Wildman–Crippen MR) is 142 cm³/mol. The van der Waals surface area contributed by atoms with E-state index in [2.05, 4.69) is 32.6 Å². The standard InChI is InChI=1S/C27H26ClN3O4S/c1-14(29-25-18-11-21(33-4)22(34-5)12-20(18)30-15(2)31-25)23-10-16-13-27(3,26(32)35-28)19-9-7-6-8-17(19)24(16)36-23/h6-12,14H,13H2,1-5H3,(H,29,30,31). The van der Waals surface area contributed by atoms with Gasteiger partial charge in [0, 0.05) is 21.2 Å². The van der Waals surface area contributed by atoms with Crippen LogP contribution in [0, 0.1) is 6.92 Å². The summed E-state index contributed by atoms with van der Waals surface area (Å²) in [6.07, 6.45) is 0.515. The molecule has 0 amide bonds. The lowest BCUT2D eigenvalue weighted by atomic mass is 9.71. The van der Waals surface area contributed by atoms with Gasteiger partial charge >= 0.3 is 5.97 Å². The molecule has 186 valence electrons. The van der Waals surface area contributed by atoms with Crippen LogP contribution >= 0.6 is 23.2 Å². The molecule has 0 fully saturated rings. The summed E-state index contributed by atoms with van der Waals surface area (Å²) in [5, 5.41) is 4.41. The van der Waals surface area contributed by atoms with Crippen LogP contribution in [0.3, 0.4) is 0 Å². The predicted octanol–water partition coefficient (Wildman–Crippen LogP) is 6.37. The maximum atomic E-state index is 12.7. The van der Waals surface area contributed by atoms with Gasteiger partial charge in [0.25, 0.3) is 0 Å². The Morgan fingerprint density at radius 3 is 2.58 bits per heavy atom. The zero-order chi connectivity index (χ0) is 25.6. The molecule has 0 saturated heterocycles. The fourth-order valence-corrected chi connectivity index (χ4v) is 6.28. The normalized spacial score (nSPS) is 17.2. The summed E-state index contributed by atoms with van der Waals surface area (Å²) in [6, 6.07) is 13.8. The molecule has 7 nitrogen and oxygen atoms in total. The van der Waals surface area contributed by atoms with Crippen molar-refractivity contribution in [2.75, 3.05) is 19.5 Å². The highest BCUT2D eigenvalue weighted by Crippen LogP contribution is 2.48. The average Bonchev–Trinajstić information content (AvgIpc) is 3.31. The number of methoxy groups -OCH3 is 2. The molecule has 0 spiro atoms. The molecular formula is C27H26ClN3O4S. The van der Waals surface area contributed by atoms with Gasteiger partial charge in [0.2, 0.25) is 0 Å². The minimum absolute atomic E-state index is 0.0513. The number of aryl methyl sites for hydroxylation is 1. The van der Waals surface area contributed by atoms with Gasteiger partial charge in [-0.15, -0.1) is 11.3 Å². The summed E-state index contributed by atoms with van der Waals surface area (Å²) in [6.45, 7) is 5.85. The van der Waals surface area contributed by atoms with E-state index in [1.54, 1.807) is 25.6 Å². The highest BCUT2D eigenvalue weighted by atomic mass is 35.5. The minimum atomic E-state index is -0.851. The van der Waals surface area contributed by atoms with Crippen LogP contribution in [0.4, 0.5) is 5.82 Å². The lowest BCUT2D eigenvalue weighted by molar-refractivity contribution is -0.139. The largest absolute Gasteiger partial charge is 0.493 e. The Morgan fingerprint density at radius 1 is 1.14 bits per heavy atom. The van der Waals surface area contributed by atoms with Crippen LogP contribution in [0.25, 0.3) is 21.3 Å². The summed E-state index contributed by atoms with van der Waals surface area (Å²) in [7, 11) is 3.21. The van der Waals surface area contributed by atoms with Crippen LogP contribution in [0.1, 0.15) is 41.7 Å². The number of nitrogens with zero attached hydrogens (tertiary/aromatic N) is 2. The van der Waals surface area contributed by atoms with Gasteiger partial charge in [0.15, 0.2) is 11.5 Å². The first kappa shape index (κ1) is 24.3. The van der Waals surface area contributed by atoms with Crippen molar-refractivity contribution in [2.45, 2.75) is 38.6 Å². The number of thiophene rings is 1. The second kappa shape index (κ2) is 9.26. The maximum absolute atomic E-state index is 12.7. The van der Waals surface area contributed by atoms with E-state index in [-0.39, 0.29) is 6.04 Å². The molecule has 2 aromatic heterocycles. The van der Waals surface area contributed by atoms with Crippen molar-refractivity contribution >= 4 is 45.9 Å². The minimum Gasteiger partial charge on any atom is -0.493 e. The van der Waals surface area contributed by atoms with Crippen LogP contribution in [-0.2, 0) is 20.9 Å². The number of carbonyl (C=O) groups is 1. The van der Waals surface area contributed by atoms with E-state index in [0.29, 0.717) is 29.6 Å². The first-order valence-corrected chi connectivity index (χ1v) is 12.6. The third-order valence-corrected chi connectivity index (χ3v) is 8.29. The number of aromatic nitrogens is 2. The van der Waals surface area contributed by atoms with E-state index < -0.39 is 11.4 Å². The van der Waals surface area contributed by atoms with E-state index in [0.717, 1.165) is 37.3 Å². The third-order valence-electron chi connectivity index (χ3n) is 6.75. The lowest BCUT2D eigenvalue weighted by Gasteiger charge is -2.32. The van der Waals surface area contributed by atoms with Gasteiger partial charge in [-0.1, -0.05) is 24.3 Å². The molecule has 5 rings (SSSR count). The second-order valence-corrected chi connectivity index (χ2v) is 10.4. The number of nitrogens with one attached hydrogen (secondary N) is 1. The fraction of sp³-hybridized carbons (Fsp3) is 0.296. The number of hydrogen-bond donors (Lipinski definition) is 1. The van der Waals surface area contributed by atoms with Crippen molar-refractivity contribution in [1.82, 2.24) is 9.97 Å². The van der Waals surface area contributed by atoms with E-state index in [4.69, 9.17) is 21.3 Å². The van der Waals surface area contributed by atoms with E-state index in [1.807, 2.05) is 50.2 Å². The SMILES string of the molecule is COc1cc2nc(C)nc(NC(C)c3cc4c(s3)-c3ccccc3C(C)(C(=O)OCl)C4)c2cc1OC. The lowest BCUT2D eigenvalue weighted by Crippen LogP contribution is -2.37. The molecule has 0 bridgehead atoms. The molecule has 1 aliphatic carbocycles. The Bertz CT molecular complexity index is 1490. The van der Waals surface area contributed by atoms with Gasteiger partial charge in [-0.25, -0.2) is 14.8 Å². The van der Waals surface area contributed by atoms with Gasteiger partial charge in [-0.2, -0.15) is 0 Å². The van der Waals surface area contributed by atoms with Crippen LogP contribution in [0.15, 0.2) is 42.5 Å². The van der Waals surface area contributed by atoms with Crippen LogP contribution < -0.4 is 14.8 Å². The number of benzene rings is 2. The van der Waals surface area contributed by atoms with Crippen molar-refractivity contribution in [3.63, 3.8) is 0 Å². The smallest absolute Gasteiger partial charge is 0.335 e. The summed E-state index contributed by atoms with van der Waals surface area (Å²) in [4.78, 5) is 24.2. The molecular weight excluding hydrogens is 498 g/mol. The molecule has 1 N–H and O–H groups in total. The van der Waals surface area contributed by atoms with Crippen molar-refractivity contribution in [1.29, 1.82) is 0 Å². The van der Waals surface area contributed by atoms with Crippen LogP contribution in [-0.4, -0.2) is 30.2 Å². The first-order valence-electron chi connectivity index (χ1n) is 11.5. The van der Waals surface area contributed by atoms with Gasteiger partial charge in [0.1, 0.15) is 23.5 Å². The molecule has 0 radical (unpaired) electrons. The Labute approximate surface area is 218 Å². The van der Waals surface area contributed by atoms with Crippen molar-refractivity contribution < 1.29 is 18.6 Å². The number of rotatable bonds is 6. The molecule has 4 aromatic rings. The van der Waals surface area contributed by atoms with Crippen LogP contribution in [0.5, 0.6) is 11.5 Å². The molecule has 0 aliphatic heterocycles. The Morgan fingerprint density at radius 2 is 1.86 bits per heavy atom. The molecule has 9 heteroatoms. The summed E-state index contributed by atoms with van der Waals surface area (Å²) in [5.74, 6) is 2.15. The zero-order valence-corrected chi connectivity index (χ0v) is 22.2. The highest BCUT2D eigenvalue weighted by molar-refractivity contribution is 7.15. The second-order valence-electron chi connectivity index (χ2n) is 9.13. The molecule has 2 atom stereocenters. The Kier molecular flexibility index (Phi) is 6.26. The number of anilines is 1. The molecule has 0 saturated carbocycles. The quantitative estimate of drug-likeness (QED) is 0.314. The van der Waals surface area contributed by atoms with Crippen molar-refractivity contribution in [3.05, 3.63) is 64.3 Å². The highest BCUT2D eigenvalue weighted by Gasteiger charge is 2.43. The molecule has 1 aliphatic rings. The third kappa shape index (κ3) is 3.94. The number of halogens is 1. The molecule has 36 heavy (non-hydrogen) atoms. The zero-order valence-electron chi connectivity index (χ0n) is 20.6. The number of ether oxygens (including phenoxy) is 2. The summed E-state index contributed by atoms with van der Waals surface area (Å²) < 4.78 is 15.6. The Balaban J connectivity index is 1.54. The molecule has 2 heterocycles. The van der Waals surface area contributed by atoms with E-state index in [9.17, 15) is 4.79 Å².